The Bertz CT molecular complexity index is 864. The molecule has 2 rings (SSSR count). The minimum Gasteiger partial charge on any atom is -0.493 e. The molecule has 0 heterocycles. The molecule has 0 spiro atoms. The Morgan fingerprint density at radius 3 is 1.89 bits per heavy atom. The van der Waals surface area contributed by atoms with Crippen LogP contribution in [0.4, 0.5) is 0 Å². The molecule has 0 aliphatic rings. The van der Waals surface area contributed by atoms with Crippen LogP contribution in [0.3, 0.4) is 0 Å². The standard InChI is InChI=1S/C23H24O4/c1-7-16-8-10-17(11-9-16)20(24)14-19(15(2)3)18-12-21(25-4)23(27-6)22(13-18)26-5/h7-14H,1-2H2,3-6H3. The molecule has 4 nitrogen and oxygen atoms in total. The van der Waals surface area contributed by atoms with E-state index < -0.39 is 0 Å². The summed E-state index contributed by atoms with van der Waals surface area (Å²) in [5, 5.41) is 0. The van der Waals surface area contributed by atoms with E-state index in [2.05, 4.69) is 13.2 Å². The summed E-state index contributed by atoms with van der Waals surface area (Å²) in [6.07, 6.45) is 3.31. The predicted octanol–water partition coefficient (Wildman–Crippen LogP) is 5.20. The highest BCUT2D eigenvalue weighted by Gasteiger charge is 2.16. The molecule has 0 saturated heterocycles. The van der Waals surface area contributed by atoms with Crippen molar-refractivity contribution in [2.75, 3.05) is 21.3 Å². The summed E-state index contributed by atoms with van der Waals surface area (Å²) in [7, 11) is 4.65. The van der Waals surface area contributed by atoms with Crippen LogP contribution in [0.1, 0.15) is 28.4 Å². The molecule has 2 aromatic rings. The molecule has 0 atom stereocenters. The van der Waals surface area contributed by atoms with Crippen molar-refractivity contribution in [3.05, 3.63) is 77.9 Å². The number of ketones is 1. The van der Waals surface area contributed by atoms with Gasteiger partial charge < -0.3 is 14.2 Å². The van der Waals surface area contributed by atoms with E-state index in [4.69, 9.17) is 14.2 Å². The van der Waals surface area contributed by atoms with E-state index in [1.54, 1.807) is 57.7 Å². The van der Waals surface area contributed by atoms with Crippen LogP contribution in [0.2, 0.25) is 0 Å². The van der Waals surface area contributed by atoms with Gasteiger partial charge in [0.1, 0.15) is 0 Å². The Morgan fingerprint density at radius 2 is 1.48 bits per heavy atom. The van der Waals surface area contributed by atoms with E-state index in [-0.39, 0.29) is 5.78 Å². The number of allylic oxidation sites excluding steroid dienone is 3. The van der Waals surface area contributed by atoms with Crippen LogP contribution < -0.4 is 14.2 Å². The van der Waals surface area contributed by atoms with Crippen LogP contribution in [-0.2, 0) is 0 Å². The van der Waals surface area contributed by atoms with Crippen LogP contribution in [0.25, 0.3) is 11.6 Å². The quantitative estimate of drug-likeness (QED) is 0.367. The predicted molar refractivity (Wildman–Crippen MR) is 110 cm³/mol. The Labute approximate surface area is 160 Å². The molecule has 0 bridgehead atoms. The number of rotatable bonds is 8. The van der Waals surface area contributed by atoms with E-state index >= 15 is 0 Å². The first-order valence-electron chi connectivity index (χ1n) is 8.40. The highest BCUT2D eigenvalue weighted by molar-refractivity contribution is 6.10. The zero-order chi connectivity index (χ0) is 20.0. The van der Waals surface area contributed by atoms with Crippen molar-refractivity contribution in [3.8, 4) is 17.2 Å². The molecule has 4 heteroatoms. The normalized spacial score (nSPS) is 10.9. The molecular formula is C23H24O4. The summed E-state index contributed by atoms with van der Waals surface area (Å²) in [4.78, 5) is 12.7. The summed E-state index contributed by atoms with van der Waals surface area (Å²) < 4.78 is 16.2. The lowest BCUT2D eigenvalue weighted by Crippen LogP contribution is -2.00. The van der Waals surface area contributed by atoms with E-state index in [1.807, 2.05) is 19.1 Å². The molecule has 140 valence electrons. The maximum absolute atomic E-state index is 12.7. The van der Waals surface area contributed by atoms with Crippen molar-refractivity contribution in [2.45, 2.75) is 6.92 Å². The van der Waals surface area contributed by atoms with Gasteiger partial charge in [-0.25, -0.2) is 0 Å². The highest BCUT2D eigenvalue weighted by atomic mass is 16.5. The van der Waals surface area contributed by atoms with Gasteiger partial charge in [-0.2, -0.15) is 0 Å². The third kappa shape index (κ3) is 4.47. The van der Waals surface area contributed by atoms with Gasteiger partial charge >= 0.3 is 0 Å². The van der Waals surface area contributed by atoms with Gasteiger partial charge in [-0.15, -0.1) is 0 Å². The summed E-state index contributed by atoms with van der Waals surface area (Å²) in [6.45, 7) is 9.58. The molecule has 0 saturated carbocycles. The number of methoxy groups -OCH3 is 3. The van der Waals surface area contributed by atoms with Crippen molar-refractivity contribution in [3.63, 3.8) is 0 Å². The second kappa shape index (κ2) is 8.90. The fraction of sp³-hybridized carbons (Fsp3) is 0.174. The maximum Gasteiger partial charge on any atom is 0.203 e. The van der Waals surface area contributed by atoms with Gasteiger partial charge in [0.05, 0.1) is 21.3 Å². The largest absolute Gasteiger partial charge is 0.493 e. The molecule has 0 aliphatic carbocycles. The molecular weight excluding hydrogens is 340 g/mol. The van der Waals surface area contributed by atoms with Crippen molar-refractivity contribution in [2.24, 2.45) is 0 Å². The Hall–Kier alpha value is -3.27. The number of carbonyl (C=O) groups excluding carboxylic acids is 1. The van der Waals surface area contributed by atoms with Crippen LogP contribution in [0.5, 0.6) is 17.2 Å². The lowest BCUT2D eigenvalue weighted by Gasteiger charge is -2.16. The Kier molecular flexibility index (Phi) is 6.61. The SMILES string of the molecule is C=Cc1ccc(C(=O)C=C(C(=C)C)c2cc(OC)c(OC)c(OC)c2)cc1. The first kappa shape index (κ1) is 20.0. The van der Waals surface area contributed by atoms with E-state index in [1.165, 1.54) is 0 Å². The van der Waals surface area contributed by atoms with E-state index in [0.717, 1.165) is 16.7 Å². The minimum absolute atomic E-state index is 0.114. The van der Waals surface area contributed by atoms with Gasteiger partial charge in [-0.05, 0) is 41.8 Å². The van der Waals surface area contributed by atoms with Crippen molar-refractivity contribution in [1.29, 1.82) is 0 Å². The van der Waals surface area contributed by atoms with Gasteiger partial charge in [0.25, 0.3) is 0 Å². The van der Waals surface area contributed by atoms with Crippen molar-refractivity contribution >= 4 is 17.4 Å². The third-order valence-corrected chi connectivity index (χ3v) is 4.14. The summed E-state index contributed by atoms with van der Waals surface area (Å²) in [5.74, 6) is 1.41. The third-order valence-electron chi connectivity index (χ3n) is 4.14. The fourth-order valence-corrected chi connectivity index (χ4v) is 2.69. The molecule has 0 aliphatic heterocycles. The number of ether oxygens (including phenoxy) is 3. The van der Waals surface area contributed by atoms with Crippen molar-refractivity contribution < 1.29 is 19.0 Å². The molecule has 0 fully saturated rings. The molecule has 0 amide bonds. The molecule has 27 heavy (non-hydrogen) atoms. The number of benzene rings is 2. The average molecular weight is 364 g/mol. The maximum atomic E-state index is 12.7. The Balaban J connectivity index is 2.53. The summed E-state index contributed by atoms with van der Waals surface area (Å²) >= 11 is 0. The van der Waals surface area contributed by atoms with Gasteiger partial charge in [0.15, 0.2) is 17.3 Å². The zero-order valence-electron chi connectivity index (χ0n) is 16.2. The number of carbonyl (C=O) groups is 1. The zero-order valence-corrected chi connectivity index (χ0v) is 16.2. The molecule has 0 aromatic heterocycles. The molecule has 0 N–H and O–H groups in total. The van der Waals surface area contributed by atoms with Gasteiger partial charge in [0, 0.05) is 5.56 Å². The number of hydrogen-bond acceptors (Lipinski definition) is 4. The second-order valence-electron chi connectivity index (χ2n) is 5.94. The molecule has 0 unspecified atom stereocenters. The average Bonchev–Trinajstić information content (AvgIpc) is 2.70. The first-order valence-corrected chi connectivity index (χ1v) is 8.40. The second-order valence-corrected chi connectivity index (χ2v) is 5.94. The van der Waals surface area contributed by atoms with Crippen LogP contribution in [0, 0.1) is 0 Å². The van der Waals surface area contributed by atoms with E-state index in [9.17, 15) is 4.79 Å². The summed E-state index contributed by atoms with van der Waals surface area (Å²) in [6, 6.07) is 10.9. The van der Waals surface area contributed by atoms with Crippen molar-refractivity contribution in [1.82, 2.24) is 0 Å². The smallest absolute Gasteiger partial charge is 0.203 e. The fourth-order valence-electron chi connectivity index (χ4n) is 2.69. The first-order chi connectivity index (χ1) is 12.9. The van der Waals surface area contributed by atoms with E-state index in [0.29, 0.717) is 28.4 Å². The minimum atomic E-state index is -0.114. The van der Waals surface area contributed by atoms with Gasteiger partial charge in [-0.1, -0.05) is 49.1 Å². The molecule has 2 aromatic carbocycles. The van der Waals surface area contributed by atoms with Gasteiger partial charge in [0.2, 0.25) is 5.75 Å². The molecule has 0 radical (unpaired) electrons. The monoisotopic (exact) mass is 364 g/mol. The number of hydrogen-bond donors (Lipinski definition) is 0. The lowest BCUT2D eigenvalue weighted by molar-refractivity contribution is 0.104. The van der Waals surface area contributed by atoms with Crippen LogP contribution >= 0.6 is 0 Å². The lowest BCUT2D eigenvalue weighted by atomic mass is 9.96. The Morgan fingerprint density at radius 1 is 0.926 bits per heavy atom. The van der Waals surface area contributed by atoms with Crippen LogP contribution in [0.15, 0.2) is 61.2 Å². The highest BCUT2D eigenvalue weighted by Crippen LogP contribution is 2.41. The summed E-state index contributed by atoms with van der Waals surface area (Å²) in [5.41, 5.74) is 3.76. The van der Waals surface area contributed by atoms with Gasteiger partial charge in [-0.3, -0.25) is 4.79 Å². The topological polar surface area (TPSA) is 44.8 Å². The van der Waals surface area contributed by atoms with Crippen LogP contribution in [-0.4, -0.2) is 27.1 Å².